The van der Waals surface area contributed by atoms with E-state index in [2.05, 4.69) is 10.2 Å². The van der Waals surface area contributed by atoms with Crippen LogP contribution in [0.5, 0.6) is 0 Å². The van der Waals surface area contributed by atoms with Crippen molar-refractivity contribution in [1.82, 2.24) is 0 Å². The van der Waals surface area contributed by atoms with E-state index < -0.39 is 0 Å². The predicted molar refractivity (Wildman–Crippen MR) is 83.9 cm³/mol. The van der Waals surface area contributed by atoms with Crippen LogP contribution in [0, 0.1) is 0 Å². The number of anilines is 2. The van der Waals surface area contributed by atoms with Crippen LogP contribution in [0.3, 0.4) is 0 Å². The van der Waals surface area contributed by atoms with Gasteiger partial charge in [0, 0.05) is 30.0 Å². The van der Waals surface area contributed by atoms with Gasteiger partial charge < -0.3 is 15.0 Å². The first-order valence-corrected chi connectivity index (χ1v) is 7.12. The highest BCUT2D eigenvalue weighted by atomic mass is 16.5. The number of hydrogen-bond donors (Lipinski definition) is 1. The minimum atomic E-state index is -0.0882. The molecule has 1 fully saturated rings. The molecule has 0 saturated carbocycles. The molecule has 21 heavy (non-hydrogen) atoms. The van der Waals surface area contributed by atoms with Gasteiger partial charge in [0.25, 0.3) is 5.91 Å². The van der Waals surface area contributed by atoms with E-state index in [0.717, 1.165) is 37.7 Å². The molecular formula is C17H18N2O2. The van der Waals surface area contributed by atoms with Gasteiger partial charge >= 0.3 is 0 Å². The lowest BCUT2D eigenvalue weighted by molar-refractivity contribution is 0.102. The number of rotatable bonds is 3. The highest BCUT2D eigenvalue weighted by molar-refractivity contribution is 6.04. The van der Waals surface area contributed by atoms with Crippen molar-refractivity contribution in [3.8, 4) is 0 Å². The summed E-state index contributed by atoms with van der Waals surface area (Å²) in [5, 5.41) is 2.88. The summed E-state index contributed by atoms with van der Waals surface area (Å²) in [5.41, 5.74) is 2.60. The maximum absolute atomic E-state index is 12.2. The Morgan fingerprint density at radius 2 is 1.62 bits per heavy atom. The third-order valence-corrected chi connectivity index (χ3v) is 3.54. The molecule has 0 radical (unpaired) electrons. The van der Waals surface area contributed by atoms with Gasteiger partial charge in [-0.15, -0.1) is 0 Å². The van der Waals surface area contributed by atoms with E-state index in [4.69, 9.17) is 4.74 Å². The van der Waals surface area contributed by atoms with Crippen molar-refractivity contribution in [1.29, 1.82) is 0 Å². The van der Waals surface area contributed by atoms with Gasteiger partial charge in [-0.1, -0.05) is 18.2 Å². The maximum atomic E-state index is 12.2. The summed E-state index contributed by atoms with van der Waals surface area (Å²) in [6, 6.07) is 17.2. The lowest BCUT2D eigenvalue weighted by Gasteiger charge is -2.28. The molecule has 0 spiro atoms. The quantitative estimate of drug-likeness (QED) is 0.941. The fourth-order valence-corrected chi connectivity index (χ4v) is 2.37. The standard InChI is InChI=1S/C17H18N2O2/c20-17(18-15-4-2-1-3-5-15)14-6-8-16(9-7-14)19-10-12-21-13-11-19/h1-9H,10-13H2,(H,18,20). The maximum Gasteiger partial charge on any atom is 0.255 e. The number of ether oxygens (including phenoxy) is 1. The number of hydrogen-bond acceptors (Lipinski definition) is 3. The van der Waals surface area contributed by atoms with Crippen molar-refractivity contribution in [2.45, 2.75) is 0 Å². The van der Waals surface area contributed by atoms with Crippen LogP contribution in [0.4, 0.5) is 11.4 Å². The van der Waals surface area contributed by atoms with Crippen LogP contribution in [0.1, 0.15) is 10.4 Å². The summed E-state index contributed by atoms with van der Waals surface area (Å²) in [7, 11) is 0. The zero-order valence-electron chi connectivity index (χ0n) is 11.8. The zero-order valence-corrected chi connectivity index (χ0v) is 11.8. The van der Waals surface area contributed by atoms with E-state index in [0.29, 0.717) is 5.56 Å². The smallest absolute Gasteiger partial charge is 0.255 e. The number of benzene rings is 2. The minimum absolute atomic E-state index is 0.0882. The molecule has 0 bridgehead atoms. The number of carbonyl (C=O) groups is 1. The van der Waals surface area contributed by atoms with E-state index in [1.165, 1.54) is 0 Å². The van der Waals surface area contributed by atoms with Gasteiger partial charge in [0.05, 0.1) is 13.2 Å². The van der Waals surface area contributed by atoms with Crippen LogP contribution < -0.4 is 10.2 Å². The monoisotopic (exact) mass is 282 g/mol. The first kappa shape index (κ1) is 13.6. The second-order valence-corrected chi connectivity index (χ2v) is 4.97. The third kappa shape index (κ3) is 3.41. The van der Waals surface area contributed by atoms with E-state index in [1.807, 2.05) is 54.6 Å². The summed E-state index contributed by atoms with van der Waals surface area (Å²) in [4.78, 5) is 14.4. The summed E-state index contributed by atoms with van der Waals surface area (Å²) in [6.45, 7) is 3.32. The third-order valence-electron chi connectivity index (χ3n) is 3.54. The highest BCUT2D eigenvalue weighted by Gasteiger charge is 2.12. The van der Waals surface area contributed by atoms with Crippen LogP contribution in [-0.2, 0) is 4.74 Å². The Hall–Kier alpha value is -2.33. The Bertz CT molecular complexity index is 590. The van der Waals surface area contributed by atoms with Gasteiger partial charge in [-0.2, -0.15) is 0 Å². The second-order valence-electron chi connectivity index (χ2n) is 4.97. The Labute approximate surface area is 124 Å². The molecule has 2 aromatic rings. The average molecular weight is 282 g/mol. The summed E-state index contributed by atoms with van der Waals surface area (Å²) in [5.74, 6) is -0.0882. The summed E-state index contributed by atoms with van der Waals surface area (Å²) >= 11 is 0. The van der Waals surface area contributed by atoms with Gasteiger partial charge in [0.1, 0.15) is 0 Å². The normalized spacial score (nSPS) is 14.8. The van der Waals surface area contributed by atoms with Crippen LogP contribution >= 0.6 is 0 Å². The number of para-hydroxylation sites is 1. The second kappa shape index (κ2) is 6.41. The number of amides is 1. The lowest BCUT2D eigenvalue weighted by Crippen LogP contribution is -2.36. The van der Waals surface area contributed by atoms with Crippen LogP contribution in [0.15, 0.2) is 54.6 Å². The Balaban J connectivity index is 1.67. The van der Waals surface area contributed by atoms with Crippen molar-refractivity contribution < 1.29 is 9.53 Å². The van der Waals surface area contributed by atoms with Crippen LogP contribution in [0.2, 0.25) is 0 Å². The van der Waals surface area contributed by atoms with E-state index in [9.17, 15) is 4.79 Å². The number of morpholine rings is 1. The van der Waals surface area contributed by atoms with Gasteiger partial charge in [-0.25, -0.2) is 0 Å². The Kier molecular flexibility index (Phi) is 4.17. The number of nitrogens with one attached hydrogen (secondary N) is 1. The molecule has 1 aliphatic heterocycles. The van der Waals surface area contributed by atoms with E-state index >= 15 is 0 Å². The molecule has 108 valence electrons. The molecule has 1 saturated heterocycles. The fraction of sp³-hybridized carbons (Fsp3) is 0.235. The molecule has 1 N–H and O–H groups in total. The van der Waals surface area contributed by atoms with Crippen molar-refractivity contribution in [2.75, 3.05) is 36.5 Å². The summed E-state index contributed by atoms with van der Waals surface area (Å²) < 4.78 is 5.34. The molecule has 0 aliphatic carbocycles. The molecule has 1 aliphatic rings. The SMILES string of the molecule is O=C(Nc1ccccc1)c1ccc(N2CCOCC2)cc1. The average Bonchev–Trinajstić information content (AvgIpc) is 2.57. The van der Waals surface area contributed by atoms with Gasteiger partial charge in [0.2, 0.25) is 0 Å². The van der Waals surface area contributed by atoms with Gasteiger partial charge in [0.15, 0.2) is 0 Å². The molecule has 1 amide bonds. The Morgan fingerprint density at radius 1 is 0.952 bits per heavy atom. The molecule has 4 heteroatoms. The molecule has 2 aromatic carbocycles. The van der Waals surface area contributed by atoms with Crippen LogP contribution in [-0.4, -0.2) is 32.2 Å². The highest BCUT2D eigenvalue weighted by Crippen LogP contribution is 2.17. The van der Waals surface area contributed by atoms with Crippen molar-refractivity contribution in [3.05, 3.63) is 60.2 Å². The molecular weight excluding hydrogens is 264 g/mol. The van der Waals surface area contributed by atoms with E-state index in [1.54, 1.807) is 0 Å². The molecule has 1 heterocycles. The summed E-state index contributed by atoms with van der Waals surface area (Å²) in [6.07, 6.45) is 0. The van der Waals surface area contributed by atoms with Crippen molar-refractivity contribution in [3.63, 3.8) is 0 Å². The van der Waals surface area contributed by atoms with Crippen molar-refractivity contribution in [2.24, 2.45) is 0 Å². The number of nitrogens with zero attached hydrogens (tertiary/aromatic N) is 1. The topological polar surface area (TPSA) is 41.6 Å². The first-order valence-electron chi connectivity index (χ1n) is 7.12. The fourth-order valence-electron chi connectivity index (χ4n) is 2.37. The lowest BCUT2D eigenvalue weighted by atomic mass is 10.1. The van der Waals surface area contributed by atoms with Crippen LogP contribution in [0.25, 0.3) is 0 Å². The molecule has 0 aromatic heterocycles. The molecule has 4 nitrogen and oxygen atoms in total. The predicted octanol–water partition coefficient (Wildman–Crippen LogP) is 2.78. The van der Waals surface area contributed by atoms with Gasteiger partial charge in [-0.3, -0.25) is 4.79 Å². The number of carbonyl (C=O) groups excluding carboxylic acids is 1. The largest absolute Gasteiger partial charge is 0.378 e. The minimum Gasteiger partial charge on any atom is -0.378 e. The molecule has 3 rings (SSSR count). The first-order chi connectivity index (χ1) is 10.3. The van der Waals surface area contributed by atoms with E-state index in [-0.39, 0.29) is 5.91 Å². The Morgan fingerprint density at radius 3 is 2.29 bits per heavy atom. The van der Waals surface area contributed by atoms with Crippen molar-refractivity contribution >= 4 is 17.3 Å². The zero-order chi connectivity index (χ0) is 14.5. The van der Waals surface area contributed by atoms with Gasteiger partial charge in [-0.05, 0) is 36.4 Å². The molecule has 0 unspecified atom stereocenters. The molecule has 0 atom stereocenters.